The fourth-order valence-corrected chi connectivity index (χ4v) is 1.29. The summed E-state index contributed by atoms with van der Waals surface area (Å²) in [6, 6.07) is 1.93. The van der Waals surface area contributed by atoms with Crippen LogP contribution in [0.2, 0.25) is 0 Å². The van der Waals surface area contributed by atoms with Gasteiger partial charge in [-0.1, -0.05) is 0 Å². The Balaban J connectivity index is 2.42. The van der Waals surface area contributed by atoms with E-state index < -0.39 is 0 Å². The van der Waals surface area contributed by atoms with Crippen molar-refractivity contribution in [3.63, 3.8) is 0 Å². The summed E-state index contributed by atoms with van der Waals surface area (Å²) in [5, 5.41) is 4.25. The Labute approximate surface area is 81.5 Å². The number of nitrogens with zero attached hydrogens (tertiary/aromatic N) is 3. The smallest absolute Gasteiger partial charge is 0.240 e. The van der Waals surface area contributed by atoms with E-state index in [9.17, 15) is 0 Å². The van der Waals surface area contributed by atoms with Crippen molar-refractivity contribution in [3.05, 3.63) is 24.2 Å². The van der Waals surface area contributed by atoms with Gasteiger partial charge in [-0.2, -0.15) is 5.10 Å². The van der Waals surface area contributed by atoms with Crippen LogP contribution in [0.15, 0.2) is 18.5 Å². The van der Waals surface area contributed by atoms with Gasteiger partial charge in [-0.25, -0.2) is 9.50 Å². The van der Waals surface area contributed by atoms with Crippen LogP contribution in [0.25, 0.3) is 5.52 Å². The Morgan fingerprint density at radius 3 is 3.21 bits per heavy atom. The molecule has 0 unspecified atom stereocenters. The van der Waals surface area contributed by atoms with E-state index in [0.717, 1.165) is 11.2 Å². The number of hydrogen-bond donors (Lipinski definition) is 1. The van der Waals surface area contributed by atoms with E-state index in [-0.39, 0.29) is 0 Å². The second-order valence-corrected chi connectivity index (χ2v) is 2.99. The van der Waals surface area contributed by atoms with Crippen LogP contribution >= 0.6 is 0 Å². The molecular weight excluding hydrogens is 180 g/mol. The van der Waals surface area contributed by atoms with E-state index in [0.29, 0.717) is 19.0 Å². The van der Waals surface area contributed by atoms with Crippen LogP contribution in [-0.4, -0.2) is 27.7 Å². The van der Waals surface area contributed by atoms with Crippen molar-refractivity contribution in [2.45, 2.75) is 6.92 Å². The van der Waals surface area contributed by atoms with Gasteiger partial charge in [-0.3, -0.25) is 0 Å². The number of aryl methyl sites for hydroxylation is 1. The Morgan fingerprint density at radius 2 is 2.43 bits per heavy atom. The third-order valence-corrected chi connectivity index (χ3v) is 1.83. The lowest BCUT2D eigenvalue weighted by molar-refractivity contribution is 0.318. The van der Waals surface area contributed by atoms with Crippen molar-refractivity contribution in [2.24, 2.45) is 5.73 Å². The summed E-state index contributed by atoms with van der Waals surface area (Å²) >= 11 is 0. The Kier molecular flexibility index (Phi) is 2.32. The molecule has 14 heavy (non-hydrogen) atoms. The summed E-state index contributed by atoms with van der Waals surface area (Å²) in [6.07, 6.45) is 3.45. The molecule has 0 fully saturated rings. The van der Waals surface area contributed by atoms with Gasteiger partial charge in [-0.15, -0.1) is 0 Å². The van der Waals surface area contributed by atoms with Gasteiger partial charge in [0.25, 0.3) is 0 Å². The predicted molar refractivity (Wildman–Crippen MR) is 52.3 cm³/mol. The van der Waals surface area contributed by atoms with Crippen molar-refractivity contribution in [2.75, 3.05) is 13.2 Å². The molecule has 5 nitrogen and oxygen atoms in total. The number of fused-ring (bicyclic) bond motifs is 1. The number of aromatic nitrogens is 3. The molecule has 0 bridgehead atoms. The zero-order chi connectivity index (χ0) is 9.97. The van der Waals surface area contributed by atoms with Gasteiger partial charge in [0, 0.05) is 18.9 Å². The van der Waals surface area contributed by atoms with E-state index in [1.807, 2.05) is 13.0 Å². The minimum Gasteiger partial charge on any atom is -0.475 e. The molecule has 0 saturated carbocycles. The summed E-state index contributed by atoms with van der Waals surface area (Å²) in [5.74, 6) is 0.582. The summed E-state index contributed by atoms with van der Waals surface area (Å²) < 4.78 is 7.13. The van der Waals surface area contributed by atoms with Crippen molar-refractivity contribution in [1.82, 2.24) is 14.6 Å². The van der Waals surface area contributed by atoms with E-state index >= 15 is 0 Å². The first-order valence-corrected chi connectivity index (χ1v) is 4.45. The molecule has 0 amide bonds. The molecule has 0 aliphatic rings. The molecule has 2 rings (SSSR count). The Morgan fingerprint density at radius 1 is 1.57 bits per heavy atom. The Hall–Kier alpha value is -1.62. The fraction of sp³-hybridized carbons (Fsp3) is 0.333. The SMILES string of the molecule is Cc1cc2c(OCCN)nccn2n1. The van der Waals surface area contributed by atoms with E-state index in [1.54, 1.807) is 16.9 Å². The monoisotopic (exact) mass is 192 g/mol. The first kappa shape index (κ1) is 8.96. The largest absolute Gasteiger partial charge is 0.475 e. The molecular formula is C9H12N4O. The van der Waals surface area contributed by atoms with Crippen LogP contribution in [0.5, 0.6) is 5.88 Å². The van der Waals surface area contributed by atoms with Crippen LogP contribution in [0.3, 0.4) is 0 Å². The first-order chi connectivity index (χ1) is 6.81. The van der Waals surface area contributed by atoms with Gasteiger partial charge in [0.15, 0.2) is 0 Å². The highest BCUT2D eigenvalue weighted by Crippen LogP contribution is 2.16. The van der Waals surface area contributed by atoms with Gasteiger partial charge >= 0.3 is 0 Å². The highest BCUT2D eigenvalue weighted by Gasteiger charge is 2.05. The van der Waals surface area contributed by atoms with E-state index in [4.69, 9.17) is 10.5 Å². The maximum Gasteiger partial charge on any atom is 0.240 e. The second-order valence-electron chi connectivity index (χ2n) is 2.99. The summed E-state index contributed by atoms with van der Waals surface area (Å²) in [5.41, 5.74) is 7.16. The van der Waals surface area contributed by atoms with Gasteiger partial charge in [0.2, 0.25) is 5.88 Å². The van der Waals surface area contributed by atoms with Crippen LogP contribution in [-0.2, 0) is 0 Å². The van der Waals surface area contributed by atoms with Crippen molar-refractivity contribution in [1.29, 1.82) is 0 Å². The lowest BCUT2D eigenvalue weighted by atomic mass is 10.4. The molecule has 0 radical (unpaired) electrons. The van der Waals surface area contributed by atoms with Gasteiger partial charge < -0.3 is 10.5 Å². The van der Waals surface area contributed by atoms with E-state index in [2.05, 4.69) is 10.1 Å². The van der Waals surface area contributed by atoms with Crippen molar-refractivity contribution in [3.8, 4) is 5.88 Å². The third-order valence-electron chi connectivity index (χ3n) is 1.83. The predicted octanol–water partition coefficient (Wildman–Crippen LogP) is 0.375. The molecule has 0 spiro atoms. The quantitative estimate of drug-likeness (QED) is 0.763. The molecule has 5 heteroatoms. The first-order valence-electron chi connectivity index (χ1n) is 4.45. The normalized spacial score (nSPS) is 10.7. The summed E-state index contributed by atoms with van der Waals surface area (Å²) in [6.45, 7) is 2.88. The fourth-order valence-electron chi connectivity index (χ4n) is 1.29. The zero-order valence-electron chi connectivity index (χ0n) is 7.97. The minimum absolute atomic E-state index is 0.469. The van der Waals surface area contributed by atoms with Gasteiger partial charge in [-0.05, 0) is 13.0 Å². The molecule has 0 aliphatic heterocycles. The number of nitrogens with two attached hydrogens (primary N) is 1. The third kappa shape index (κ3) is 1.54. The van der Waals surface area contributed by atoms with Gasteiger partial charge in [0.1, 0.15) is 12.1 Å². The molecule has 0 aliphatic carbocycles. The molecule has 2 heterocycles. The molecule has 2 aromatic rings. The lowest BCUT2D eigenvalue weighted by Gasteiger charge is -2.03. The average molecular weight is 192 g/mol. The number of hydrogen-bond acceptors (Lipinski definition) is 4. The van der Waals surface area contributed by atoms with Crippen LogP contribution in [0.4, 0.5) is 0 Å². The highest BCUT2D eigenvalue weighted by atomic mass is 16.5. The van der Waals surface area contributed by atoms with Crippen LogP contribution in [0, 0.1) is 6.92 Å². The second kappa shape index (κ2) is 3.63. The highest BCUT2D eigenvalue weighted by molar-refractivity contribution is 5.56. The molecule has 0 aromatic carbocycles. The maximum atomic E-state index is 5.38. The standard InChI is InChI=1S/C9H12N4O/c1-7-6-8-9(14-5-2-10)11-3-4-13(8)12-7/h3-4,6H,2,5,10H2,1H3. The zero-order valence-corrected chi connectivity index (χ0v) is 7.97. The van der Waals surface area contributed by atoms with Crippen LogP contribution < -0.4 is 10.5 Å². The lowest BCUT2D eigenvalue weighted by Crippen LogP contribution is -2.11. The number of ether oxygens (including phenoxy) is 1. The molecule has 0 saturated heterocycles. The van der Waals surface area contributed by atoms with E-state index in [1.165, 1.54) is 0 Å². The minimum atomic E-state index is 0.469. The van der Waals surface area contributed by atoms with Gasteiger partial charge in [0.05, 0.1) is 5.69 Å². The molecule has 2 N–H and O–H groups in total. The maximum absolute atomic E-state index is 5.38. The summed E-state index contributed by atoms with van der Waals surface area (Å²) in [7, 11) is 0. The van der Waals surface area contributed by atoms with Crippen LogP contribution in [0.1, 0.15) is 5.69 Å². The summed E-state index contributed by atoms with van der Waals surface area (Å²) in [4.78, 5) is 4.12. The number of rotatable bonds is 3. The topological polar surface area (TPSA) is 65.4 Å². The Bertz CT molecular complexity index is 437. The molecule has 0 atom stereocenters. The molecule has 2 aromatic heterocycles. The van der Waals surface area contributed by atoms with Crippen molar-refractivity contribution < 1.29 is 4.74 Å². The average Bonchev–Trinajstić information content (AvgIpc) is 2.55. The van der Waals surface area contributed by atoms with Crippen molar-refractivity contribution >= 4 is 5.52 Å². The molecule has 74 valence electrons.